The third-order valence-corrected chi connectivity index (χ3v) is 3.63. The first-order valence-electron chi connectivity index (χ1n) is 7.31. The van der Waals surface area contributed by atoms with Crippen LogP contribution in [0.5, 0.6) is 0 Å². The van der Waals surface area contributed by atoms with E-state index in [0.29, 0.717) is 12.1 Å². The Balaban J connectivity index is 2.57. The molecule has 28 heavy (non-hydrogen) atoms. The lowest BCUT2D eigenvalue weighted by molar-refractivity contribution is -0.138. The summed E-state index contributed by atoms with van der Waals surface area (Å²) >= 11 is 5.64. The zero-order chi connectivity index (χ0) is 21.1. The maximum atomic E-state index is 13.4. The molecule has 2 rings (SSSR count). The molecule has 2 aromatic carbocycles. The van der Waals surface area contributed by atoms with Crippen LogP contribution in [0.2, 0.25) is 5.02 Å². The molecule has 0 aliphatic heterocycles. The van der Waals surface area contributed by atoms with Gasteiger partial charge in [-0.1, -0.05) is 35.9 Å². The Bertz CT molecular complexity index is 956. The highest BCUT2D eigenvalue weighted by Gasteiger charge is 2.42. The van der Waals surface area contributed by atoms with Gasteiger partial charge in [-0.05, 0) is 29.8 Å². The number of nitriles is 1. The number of esters is 1. The van der Waals surface area contributed by atoms with E-state index in [4.69, 9.17) is 16.9 Å². The van der Waals surface area contributed by atoms with E-state index in [-0.39, 0.29) is 10.6 Å². The molecule has 146 valence electrons. The summed E-state index contributed by atoms with van der Waals surface area (Å²) in [5.41, 5.74) is -3.95. The molecule has 3 nitrogen and oxygen atoms in total. The van der Waals surface area contributed by atoms with Crippen molar-refractivity contribution in [2.24, 2.45) is 0 Å². The molecular weight excluding hydrogens is 412 g/mol. The number of halogens is 7. The number of alkyl halides is 6. The highest BCUT2D eigenvalue weighted by Crippen LogP contribution is 2.36. The Morgan fingerprint density at radius 1 is 0.964 bits per heavy atom. The van der Waals surface area contributed by atoms with Crippen LogP contribution in [0.3, 0.4) is 0 Å². The van der Waals surface area contributed by atoms with Crippen molar-refractivity contribution in [3.63, 3.8) is 0 Å². The normalized spacial score (nSPS) is 12.8. The standard InChI is InChI=1S/C18H8ClF6NO2/c19-11-7-5-10(6-8-11)13(9-26)15(18(23,24)25)28-16(27)12-3-1-2-4-14(12)17(20,21)22/h1-8H. The van der Waals surface area contributed by atoms with Gasteiger partial charge in [-0.2, -0.15) is 31.6 Å². The average Bonchev–Trinajstić information content (AvgIpc) is 2.61. The second-order valence-corrected chi connectivity index (χ2v) is 5.69. The smallest absolute Gasteiger partial charge is 0.416 e. The lowest BCUT2D eigenvalue weighted by Crippen LogP contribution is -2.22. The number of allylic oxidation sites excluding steroid dienone is 2. The molecule has 0 aromatic heterocycles. The first-order chi connectivity index (χ1) is 12.9. The first kappa shape index (κ1) is 21.3. The number of nitrogens with zero attached hydrogens (tertiary/aromatic N) is 1. The molecule has 0 N–H and O–H groups in total. The van der Waals surface area contributed by atoms with E-state index in [1.54, 1.807) is 0 Å². The summed E-state index contributed by atoms with van der Waals surface area (Å²) in [6, 6.07) is 9.01. The molecule has 0 fully saturated rings. The van der Waals surface area contributed by atoms with Gasteiger partial charge in [0.15, 0.2) is 0 Å². The number of ether oxygens (including phenoxy) is 1. The maximum Gasteiger partial charge on any atom is 0.451 e. The molecule has 10 heteroatoms. The van der Waals surface area contributed by atoms with Crippen molar-refractivity contribution in [1.29, 1.82) is 5.26 Å². The Kier molecular flexibility index (Phi) is 6.04. The van der Waals surface area contributed by atoms with Gasteiger partial charge in [0.1, 0.15) is 11.6 Å². The molecule has 0 saturated carbocycles. The molecule has 0 aliphatic carbocycles. The van der Waals surface area contributed by atoms with Crippen molar-refractivity contribution < 1.29 is 35.9 Å². The van der Waals surface area contributed by atoms with Crippen LogP contribution in [0.1, 0.15) is 21.5 Å². The second-order valence-electron chi connectivity index (χ2n) is 5.25. The Hall–Kier alpha value is -2.99. The zero-order valence-electron chi connectivity index (χ0n) is 13.5. The van der Waals surface area contributed by atoms with Crippen molar-refractivity contribution >= 4 is 23.1 Å². The quantitative estimate of drug-likeness (QED) is 0.265. The first-order valence-corrected chi connectivity index (χ1v) is 7.69. The largest absolute Gasteiger partial charge is 0.451 e. The summed E-state index contributed by atoms with van der Waals surface area (Å²) in [7, 11) is 0. The summed E-state index contributed by atoms with van der Waals surface area (Å²) in [4.78, 5) is 12.1. The zero-order valence-corrected chi connectivity index (χ0v) is 14.3. The highest BCUT2D eigenvalue weighted by atomic mass is 35.5. The number of hydrogen-bond donors (Lipinski definition) is 0. The molecule has 2 aromatic rings. The number of benzene rings is 2. The van der Waals surface area contributed by atoms with E-state index < -0.39 is 40.8 Å². The van der Waals surface area contributed by atoms with Gasteiger partial charge in [0.05, 0.1) is 11.1 Å². The SMILES string of the molecule is N#CC(=C(OC(=O)c1ccccc1C(F)(F)F)C(F)(F)F)c1ccc(Cl)cc1. The van der Waals surface area contributed by atoms with Crippen LogP contribution in [0.15, 0.2) is 54.3 Å². The molecular formula is C18H8ClF6NO2. The summed E-state index contributed by atoms with van der Waals surface area (Å²) in [5, 5.41) is 9.31. The third-order valence-electron chi connectivity index (χ3n) is 3.38. The van der Waals surface area contributed by atoms with Gasteiger partial charge in [0, 0.05) is 5.02 Å². The molecule has 0 heterocycles. The Labute approximate surface area is 159 Å². The van der Waals surface area contributed by atoms with E-state index in [1.807, 2.05) is 0 Å². The lowest BCUT2D eigenvalue weighted by atomic mass is 10.1. The van der Waals surface area contributed by atoms with Crippen molar-refractivity contribution in [2.45, 2.75) is 12.4 Å². The van der Waals surface area contributed by atoms with E-state index in [2.05, 4.69) is 4.74 Å². The van der Waals surface area contributed by atoms with Gasteiger partial charge in [-0.15, -0.1) is 0 Å². The van der Waals surface area contributed by atoms with Crippen molar-refractivity contribution in [2.75, 3.05) is 0 Å². The molecule has 0 radical (unpaired) electrons. The minimum Gasteiger partial charge on any atom is -0.416 e. The summed E-state index contributed by atoms with van der Waals surface area (Å²) in [6.45, 7) is 0. The monoisotopic (exact) mass is 419 g/mol. The molecule has 0 atom stereocenters. The second kappa shape index (κ2) is 7.94. The van der Waals surface area contributed by atoms with Crippen LogP contribution in [0.4, 0.5) is 26.3 Å². The van der Waals surface area contributed by atoms with Gasteiger partial charge < -0.3 is 4.74 Å². The van der Waals surface area contributed by atoms with Crippen LogP contribution < -0.4 is 0 Å². The minimum atomic E-state index is -5.33. The maximum absolute atomic E-state index is 13.4. The van der Waals surface area contributed by atoms with Gasteiger partial charge in [0.25, 0.3) is 0 Å². The molecule has 0 amide bonds. The van der Waals surface area contributed by atoms with Crippen LogP contribution >= 0.6 is 11.6 Å². The van der Waals surface area contributed by atoms with Gasteiger partial charge >= 0.3 is 18.3 Å². The predicted octanol–water partition coefficient (Wildman–Crippen LogP) is 6.01. The molecule has 0 saturated heterocycles. The number of carbonyl (C=O) groups excluding carboxylic acids is 1. The fraction of sp³-hybridized carbons (Fsp3) is 0.111. The van der Waals surface area contributed by atoms with E-state index in [9.17, 15) is 31.1 Å². The van der Waals surface area contributed by atoms with Crippen LogP contribution in [0.25, 0.3) is 5.57 Å². The molecule has 0 aliphatic rings. The summed E-state index contributed by atoms with van der Waals surface area (Å²) < 4.78 is 83.4. The molecule has 0 unspecified atom stereocenters. The van der Waals surface area contributed by atoms with Crippen LogP contribution in [0, 0.1) is 11.3 Å². The number of hydrogen-bond acceptors (Lipinski definition) is 3. The fourth-order valence-corrected chi connectivity index (χ4v) is 2.30. The van der Waals surface area contributed by atoms with Crippen LogP contribution in [-0.4, -0.2) is 12.1 Å². The number of carbonyl (C=O) groups is 1. The van der Waals surface area contributed by atoms with E-state index in [0.717, 1.165) is 24.3 Å². The summed E-state index contributed by atoms with van der Waals surface area (Å²) in [5.74, 6) is -3.93. The van der Waals surface area contributed by atoms with Crippen LogP contribution in [-0.2, 0) is 10.9 Å². The summed E-state index contributed by atoms with van der Waals surface area (Å²) in [6.07, 6.45) is -10.3. The topological polar surface area (TPSA) is 50.1 Å². The highest BCUT2D eigenvalue weighted by molar-refractivity contribution is 6.30. The minimum absolute atomic E-state index is 0.172. The molecule has 0 spiro atoms. The predicted molar refractivity (Wildman–Crippen MR) is 86.9 cm³/mol. The van der Waals surface area contributed by atoms with Crippen molar-refractivity contribution in [3.05, 3.63) is 76.0 Å². The Morgan fingerprint density at radius 2 is 1.54 bits per heavy atom. The van der Waals surface area contributed by atoms with Crippen molar-refractivity contribution in [1.82, 2.24) is 0 Å². The Morgan fingerprint density at radius 3 is 2.04 bits per heavy atom. The van der Waals surface area contributed by atoms with Gasteiger partial charge in [-0.25, -0.2) is 4.79 Å². The van der Waals surface area contributed by atoms with Gasteiger partial charge in [0.2, 0.25) is 5.76 Å². The third kappa shape index (κ3) is 4.84. The fourth-order valence-electron chi connectivity index (χ4n) is 2.17. The lowest BCUT2D eigenvalue weighted by Gasteiger charge is -2.16. The number of rotatable bonds is 3. The van der Waals surface area contributed by atoms with Gasteiger partial charge in [-0.3, -0.25) is 0 Å². The van der Waals surface area contributed by atoms with E-state index in [1.165, 1.54) is 18.2 Å². The van der Waals surface area contributed by atoms with Crippen molar-refractivity contribution in [3.8, 4) is 6.07 Å². The molecule has 0 bridgehead atoms. The average molecular weight is 420 g/mol. The van der Waals surface area contributed by atoms with E-state index >= 15 is 0 Å².